The molecule has 0 bridgehead atoms. The maximum atomic E-state index is 9.36. The summed E-state index contributed by atoms with van der Waals surface area (Å²) in [5.74, 6) is 0.833. The summed E-state index contributed by atoms with van der Waals surface area (Å²) in [6.45, 7) is 3.29. The summed E-state index contributed by atoms with van der Waals surface area (Å²) in [6.07, 6.45) is 7.82. The Morgan fingerprint density at radius 2 is 2.06 bits per heavy atom. The van der Waals surface area contributed by atoms with Gasteiger partial charge in [0.15, 0.2) is 0 Å². The van der Waals surface area contributed by atoms with Gasteiger partial charge in [-0.15, -0.1) is 0 Å². The van der Waals surface area contributed by atoms with Crippen molar-refractivity contribution in [3.05, 3.63) is 0 Å². The van der Waals surface area contributed by atoms with Crippen molar-refractivity contribution in [2.45, 2.75) is 51.9 Å². The third kappa shape index (κ3) is 4.65. The highest BCUT2D eigenvalue weighted by atomic mass is 16.5. The van der Waals surface area contributed by atoms with E-state index in [1.54, 1.807) is 0 Å². The number of rotatable bonds is 7. The van der Waals surface area contributed by atoms with Gasteiger partial charge in [-0.2, -0.15) is 5.26 Å². The molecule has 0 aromatic carbocycles. The van der Waals surface area contributed by atoms with E-state index in [0.29, 0.717) is 13.2 Å². The molecule has 0 atom stereocenters. The zero-order valence-electron chi connectivity index (χ0n) is 11.0. The zero-order valence-corrected chi connectivity index (χ0v) is 11.0. The Morgan fingerprint density at radius 1 is 1.35 bits per heavy atom. The molecule has 1 saturated carbocycles. The molecule has 1 N–H and O–H groups in total. The molecule has 0 aliphatic heterocycles. The van der Waals surface area contributed by atoms with E-state index in [0.717, 1.165) is 25.2 Å². The molecule has 1 aliphatic carbocycles. The summed E-state index contributed by atoms with van der Waals surface area (Å²) in [6, 6.07) is 2.51. The Labute approximate surface area is 105 Å². The van der Waals surface area contributed by atoms with Gasteiger partial charge in [0.2, 0.25) is 0 Å². The Kier molecular flexibility index (Phi) is 6.54. The fraction of sp³-hybridized carbons (Fsp3) is 0.929. The Bertz CT molecular complexity index is 234. The number of hydrogen-bond acceptors (Lipinski definition) is 3. The lowest BCUT2D eigenvalue weighted by Crippen LogP contribution is -2.27. The molecule has 1 rings (SSSR count). The highest BCUT2D eigenvalue weighted by Gasteiger charge is 2.34. The third-order valence-corrected chi connectivity index (χ3v) is 3.96. The van der Waals surface area contributed by atoms with Gasteiger partial charge in [0.05, 0.1) is 24.7 Å². The van der Waals surface area contributed by atoms with Crippen LogP contribution in [-0.4, -0.2) is 24.9 Å². The first-order valence-electron chi connectivity index (χ1n) is 6.86. The minimum Gasteiger partial charge on any atom is -0.394 e. The van der Waals surface area contributed by atoms with Crippen LogP contribution in [0.4, 0.5) is 0 Å². The van der Waals surface area contributed by atoms with Gasteiger partial charge < -0.3 is 9.84 Å². The van der Waals surface area contributed by atoms with E-state index in [1.807, 2.05) is 0 Å². The monoisotopic (exact) mass is 239 g/mol. The molecule has 0 heterocycles. The highest BCUT2D eigenvalue weighted by molar-refractivity contribution is 5.01. The van der Waals surface area contributed by atoms with Gasteiger partial charge >= 0.3 is 0 Å². The first-order valence-corrected chi connectivity index (χ1v) is 6.86. The van der Waals surface area contributed by atoms with Crippen molar-refractivity contribution in [1.29, 1.82) is 5.26 Å². The van der Waals surface area contributed by atoms with Crippen molar-refractivity contribution in [2.75, 3.05) is 19.8 Å². The fourth-order valence-electron chi connectivity index (χ4n) is 2.78. The summed E-state index contributed by atoms with van der Waals surface area (Å²) in [4.78, 5) is 0. The van der Waals surface area contributed by atoms with Gasteiger partial charge in [0, 0.05) is 6.61 Å². The second kappa shape index (κ2) is 7.68. The van der Waals surface area contributed by atoms with E-state index in [9.17, 15) is 5.26 Å². The molecular formula is C14H25NO2. The first-order chi connectivity index (χ1) is 8.26. The average molecular weight is 239 g/mol. The average Bonchev–Trinajstić information content (AvgIpc) is 2.37. The van der Waals surface area contributed by atoms with Crippen molar-refractivity contribution >= 4 is 0 Å². The summed E-state index contributed by atoms with van der Waals surface area (Å²) in [5, 5.41) is 18.0. The normalized spacial score (nSPS) is 28.9. The van der Waals surface area contributed by atoms with Crippen molar-refractivity contribution in [3.63, 3.8) is 0 Å². The molecule has 1 aliphatic rings. The molecule has 98 valence electrons. The van der Waals surface area contributed by atoms with E-state index < -0.39 is 0 Å². The smallest absolute Gasteiger partial charge is 0.0697 e. The number of ether oxygens (including phenoxy) is 1. The molecule has 0 aromatic heterocycles. The molecule has 0 aromatic rings. The molecular weight excluding hydrogens is 214 g/mol. The predicted molar refractivity (Wildman–Crippen MR) is 67.4 cm³/mol. The van der Waals surface area contributed by atoms with Crippen LogP contribution in [0.2, 0.25) is 0 Å². The van der Waals surface area contributed by atoms with Crippen LogP contribution in [0.3, 0.4) is 0 Å². The lowest BCUT2D eigenvalue weighted by Gasteiger charge is -2.34. The number of nitriles is 1. The maximum Gasteiger partial charge on any atom is 0.0697 e. The molecule has 0 amide bonds. The number of nitrogens with zero attached hydrogens (tertiary/aromatic N) is 1. The number of hydrogen-bond donors (Lipinski definition) is 1. The minimum absolute atomic E-state index is 0.0676. The fourth-order valence-corrected chi connectivity index (χ4v) is 2.78. The van der Waals surface area contributed by atoms with E-state index in [4.69, 9.17) is 9.84 Å². The quantitative estimate of drug-likeness (QED) is 0.695. The van der Waals surface area contributed by atoms with Crippen molar-refractivity contribution in [2.24, 2.45) is 11.3 Å². The predicted octanol–water partition coefficient (Wildman–Crippen LogP) is 2.89. The van der Waals surface area contributed by atoms with Crippen LogP contribution in [0.15, 0.2) is 0 Å². The van der Waals surface area contributed by atoms with Gasteiger partial charge in [-0.3, -0.25) is 0 Å². The second-order valence-corrected chi connectivity index (χ2v) is 5.21. The molecule has 3 nitrogen and oxygen atoms in total. The molecule has 0 unspecified atom stereocenters. The summed E-state index contributed by atoms with van der Waals surface area (Å²) < 4.78 is 5.29. The van der Waals surface area contributed by atoms with Crippen LogP contribution >= 0.6 is 0 Å². The molecule has 3 heteroatoms. The van der Waals surface area contributed by atoms with E-state index in [-0.39, 0.29) is 12.0 Å². The molecule has 1 fully saturated rings. The minimum atomic E-state index is -0.153. The summed E-state index contributed by atoms with van der Waals surface area (Å²) in [5.41, 5.74) is -0.153. The molecule has 0 radical (unpaired) electrons. The number of aliphatic hydroxyl groups excluding tert-OH is 1. The van der Waals surface area contributed by atoms with Gasteiger partial charge in [0.25, 0.3) is 0 Å². The van der Waals surface area contributed by atoms with Crippen molar-refractivity contribution in [1.82, 2.24) is 0 Å². The van der Waals surface area contributed by atoms with Crippen molar-refractivity contribution in [3.8, 4) is 6.07 Å². The van der Waals surface area contributed by atoms with Crippen molar-refractivity contribution < 1.29 is 9.84 Å². The van der Waals surface area contributed by atoms with Crippen LogP contribution in [0, 0.1) is 22.7 Å². The van der Waals surface area contributed by atoms with E-state index >= 15 is 0 Å². The zero-order chi connectivity index (χ0) is 12.6. The van der Waals surface area contributed by atoms with Crippen LogP contribution in [0.1, 0.15) is 51.9 Å². The third-order valence-electron chi connectivity index (χ3n) is 3.96. The summed E-state index contributed by atoms with van der Waals surface area (Å²) in [7, 11) is 0. The molecule has 0 spiro atoms. The van der Waals surface area contributed by atoms with Gasteiger partial charge in [-0.25, -0.2) is 0 Å². The van der Waals surface area contributed by atoms with Crippen LogP contribution in [-0.2, 0) is 4.74 Å². The molecule has 0 saturated heterocycles. The van der Waals surface area contributed by atoms with Gasteiger partial charge in [-0.05, 0) is 38.0 Å². The SMILES string of the molecule is CCCC1CCC(C#N)(CCOCCO)CC1. The van der Waals surface area contributed by atoms with Gasteiger partial charge in [-0.1, -0.05) is 19.8 Å². The standard InChI is InChI=1S/C14H25NO2/c1-2-3-13-4-6-14(12-15,7-5-13)8-10-17-11-9-16/h13,16H,2-11H2,1H3. The van der Waals surface area contributed by atoms with Crippen LogP contribution in [0.5, 0.6) is 0 Å². The maximum absolute atomic E-state index is 9.36. The van der Waals surface area contributed by atoms with Gasteiger partial charge in [0.1, 0.15) is 0 Å². The lowest BCUT2D eigenvalue weighted by atomic mass is 9.69. The van der Waals surface area contributed by atoms with Crippen LogP contribution < -0.4 is 0 Å². The largest absolute Gasteiger partial charge is 0.394 e. The first kappa shape index (κ1) is 14.5. The molecule has 17 heavy (non-hydrogen) atoms. The highest BCUT2D eigenvalue weighted by Crippen LogP contribution is 2.42. The topological polar surface area (TPSA) is 53.2 Å². The Hall–Kier alpha value is -0.590. The van der Waals surface area contributed by atoms with E-state index in [2.05, 4.69) is 13.0 Å². The number of aliphatic hydroxyl groups is 1. The van der Waals surface area contributed by atoms with Crippen LogP contribution in [0.25, 0.3) is 0 Å². The Morgan fingerprint density at radius 3 is 2.59 bits per heavy atom. The lowest BCUT2D eigenvalue weighted by molar-refractivity contribution is 0.0639. The second-order valence-electron chi connectivity index (χ2n) is 5.21. The Balaban J connectivity index is 2.31. The summed E-state index contributed by atoms with van der Waals surface area (Å²) >= 11 is 0. The van der Waals surface area contributed by atoms with E-state index in [1.165, 1.54) is 25.7 Å².